The normalized spacial score (nSPS) is 11.4. The lowest BCUT2D eigenvalue weighted by atomic mass is 10.2. The van der Waals surface area contributed by atoms with E-state index in [9.17, 15) is 14.4 Å². The van der Waals surface area contributed by atoms with E-state index in [1.807, 2.05) is 13.8 Å². The quantitative estimate of drug-likeness (QED) is 0.434. The first kappa shape index (κ1) is 20.1. The average Bonchev–Trinajstić information content (AvgIpc) is 2.96. The molecule has 0 aromatic carbocycles. The monoisotopic (exact) mass is 404 g/mol. The first-order chi connectivity index (χ1) is 13.4. The Morgan fingerprint density at radius 1 is 1.11 bits per heavy atom. The van der Waals surface area contributed by atoms with E-state index in [1.165, 1.54) is 22.4 Å². The van der Waals surface area contributed by atoms with Crippen molar-refractivity contribution < 1.29 is 0 Å². The highest BCUT2D eigenvalue weighted by Gasteiger charge is 2.16. The van der Waals surface area contributed by atoms with Gasteiger partial charge in [-0.3, -0.25) is 19.1 Å². The molecule has 0 atom stereocenters. The van der Waals surface area contributed by atoms with Crippen LogP contribution >= 0.6 is 11.8 Å². The number of H-pyrrole nitrogens is 2. The van der Waals surface area contributed by atoms with Crippen molar-refractivity contribution in [2.24, 2.45) is 7.05 Å². The summed E-state index contributed by atoms with van der Waals surface area (Å²) in [6, 6.07) is 1.51. The van der Waals surface area contributed by atoms with Crippen molar-refractivity contribution in [3.8, 4) is 0 Å². The molecule has 3 aromatic heterocycles. The van der Waals surface area contributed by atoms with Crippen molar-refractivity contribution in [2.45, 2.75) is 57.0 Å². The highest BCUT2D eigenvalue weighted by molar-refractivity contribution is 7.98. The predicted octanol–water partition coefficient (Wildman–Crippen LogP) is 1.55. The molecule has 28 heavy (non-hydrogen) atoms. The lowest BCUT2D eigenvalue weighted by Crippen LogP contribution is -2.31. The van der Waals surface area contributed by atoms with Crippen LogP contribution in [0.4, 0.5) is 0 Å². The van der Waals surface area contributed by atoms with E-state index < -0.39 is 11.2 Å². The van der Waals surface area contributed by atoms with Gasteiger partial charge in [-0.2, -0.15) is 0 Å². The molecule has 3 heterocycles. The summed E-state index contributed by atoms with van der Waals surface area (Å²) in [6.45, 7) is 4.57. The number of fused-ring (bicyclic) bond motifs is 1. The summed E-state index contributed by atoms with van der Waals surface area (Å²) in [5.41, 5.74) is 0.436. The molecule has 0 saturated carbocycles. The number of hydrogen-bond donors (Lipinski definition) is 2. The van der Waals surface area contributed by atoms with E-state index in [-0.39, 0.29) is 5.56 Å². The Morgan fingerprint density at radius 3 is 2.61 bits per heavy atom. The number of imidazole rings is 1. The van der Waals surface area contributed by atoms with Crippen molar-refractivity contribution in [1.82, 2.24) is 29.1 Å². The lowest BCUT2D eigenvalue weighted by molar-refractivity contribution is 0.613. The second-order valence-corrected chi connectivity index (χ2v) is 7.57. The number of nitrogens with zero attached hydrogens (tertiary/aromatic N) is 4. The highest BCUT2D eigenvalue weighted by atomic mass is 32.2. The Hall–Kier alpha value is -2.62. The molecule has 0 aliphatic carbocycles. The molecular weight excluding hydrogens is 380 g/mol. The topological polar surface area (TPSA) is 118 Å². The van der Waals surface area contributed by atoms with E-state index in [0.717, 1.165) is 31.4 Å². The summed E-state index contributed by atoms with van der Waals surface area (Å²) in [6.07, 6.45) is 3.39. The second kappa shape index (κ2) is 8.59. The molecule has 10 heteroatoms. The first-order valence-electron chi connectivity index (χ1n) is 9.36. The van der Waals surface area contributed by atoms with Crippen LogP contribution in [0, 0.1) is 0 Å². The molecule has 0 fully saturated rings. The summed E-state index contributed by atoms with van der Waals surface area (Å²) in [4.78, 5) is 50.4. The molecule has 0 unspecified atom stereocenters. The van der Waals surface area contributed by atoms with Crippen molar-refractivity contribution in [3.63, 3.8) is 0 Å². The van der Waals surface area contributed by atoms with Crippen molar-refractivity contribution in [3.05, 3.63) is 48.8 Å². The zero-order chi connectivity index (χ0) is 20.3. The Morgan fingerprint density at radius 2 is 1.89 bits per heavy atom. The van der Waals surface area contributed by atoms with Crippen LogP contribution in [0.2, 0.25) is 0 Å². The maximum atomic E-state index is 12.3. The minimum atomic E-state index is -0.449. The van der Waals surface area contributed by atoms with E-state index >= 15 is 0 Å². The summed E-state index contributed by atoms with van der Waals surface area (Å²) in [5, 5.41) is 0.514. The molecule has 0 saturated heterocycles. The zero-order valence-electron chi connectivity index (χ0n) is 16.2. The van der Waals surface area contributed by atoms with Gasteiger partial charge in [0.15, 0.2) is 16.3 Å². The molecule has 3 aromatic rings. The third kappa shape index (κ3) is 4.11. The molecular formula is C18H24N6O3S. The number of hydrogen-bond acceptors (Lipinski definition) is 6. The van der Waals surface area contributed by atoms with Crippen LogP contribution in [0.25, 0.3) is 11.2 Å². The SMILES string of the molecule is CCCCn1c(=O)[nH]c(=O)c2c1nc(CSc1nc(CCC)cc(=O)[nH]1)n2C. The number of rotatable bonds is 8. The van der Waals surface area contributed by atoms with Gasteiger partial charge in [-0.25, -0.2) is 14.8 Å². The summed E-state index contributed by atoms with van der Waals surface area (Å²) >= 11 is 1.34. The van der Waals surface area contributed by atoms with Crippen LogP contribution in [0.15, 0.2) is 25.6 Å². The van der Waals surface area contributed by atoms with Crippen LogP contribution in [0.1, 0.15) is 44.6 Å². The molecule has 3 rings (SSSR count). The number of unbranched alkanes of at least 4 members (excludes halogenated alkanes) is 1. The van der Waals surface area contributed by atoms with E-state index in [2.05, 4.69) is 19.9 Å². The van der Waals surface area contributed by atoms with Gasteiger partial charge < -0.3 is 9.55 Å². The van der Waals surface area contributed by atoms with Gasteiger partial charge in [-0.1, -0.05) is 38.5 Å². The third-order valence-electron chi connectivity index (χ3n) is 4.46. The number of nitrogens with one attached hydrogen (secondary N) is 2. The van der Waals surface area contributed by atoms with Gasteiger partial charge in [-0.15, -0.1) is 0 Å². The van der Waals surface area contributed by atoms with Gasteiger partial charge in [0.25, 0.3) is 11.1 Å². The third-order valence-corrected chi connectivity index (χ3v) is 5.33. The fraction of sp³-hybridized carbons (Fsp3) is 0.500. The number of aromatic nitrogens is 6. The number of thioether (sulfide) groups is 1. The van der Waals surface area contributed by atoms with Crippen LogP contribution < -0.4 is 16.8 Å². The van der Waals surface area contributed by atoms with E-state index in [4.69, 9.17) is 0 Å². The molecule has 2 N–H and O–H groups in total. The van der Waals surface area contributed by atoms with Crippen LogP contribution in [-0.2, 0) is 25.8 Å². The van der Waals surface area contributed by atoms with Gasteiger partial charge >= 0.3 is 5.69 Å². The summed E-state index contributed by atoms with van der Waals surface area (Å²) < 4.78 is 3.20. The van der Waals surface area contributed by atoms with Gasteiger partial charge in [0.2, 0.25) is 0 Å². The molecule has 150 valence electrons. The van der Waals surface area contributed by atoms with Gasteiger partial charge in [0.1, 0.15) is 5.82 Å². The fourth-order valence-corrected chi connectivity index (χ4v) is 3.89. The van der Waals surface area contributed by atoms with Crippen molar-refractivity contribution in [2.75, 3.05) is 0 Å². The van der Waals surface area contributed by atoms with Crippen molar-refractivity contribution >= 4 is 22.9 Å². The first-order valence-corrected chi connectivity index (χ1v) is 10.3. The molecule has 0 radical (unpaired) electrons. The van der Waals surface area contributed by atoms with E-state index in [0.29, 0.717) is 34.4 Å². The Balaban J connectivity index is 1.95. The molecule has 0 amide bonds. The molecule has 0 spiro atoms. The minimum absolute atomic E-state index is 0.184. The average molecular weight is 404 g/mol. The Kier molecular flexibility index (Phi) is 6.18. The standard InChI is InChI=1S/C18H24N6O3S/c1-4-6-8-24-15-14(16(26)22-18(24)27)23(3)12(20-15)10-28-17-19-11(7-5-2)9-13(25)21-17/h9H,4-8,10H2,1-3H3,(H,19,21,25)(H,22,26,27). The summed E-state index contributed by atoms with van der Waals surface area (Å²) in [5.74, 6) is 1.04. The lowest BCUT2D eigenvalue weighted by Gasteiger charge is -2.04. The summed E-state index contributed by atoms with van der Waals surface area (Å²) in [7, 11) is 1.75. The number of aromatic amines is 2. The van der Waals surface area contributed by atoms with Crippen LogP contribution in [0.3, 0.4) is 0 Å². The highest BCUT2D eigenvalue weighted by Crippen LogP contribution is 2.20. The maximum Gasteiger partial charge on any atom is 0.330 e. The molecule has 9 nitrogen and oxygen atoms in total. The molecule has 0 aliphatic rings. The second-order valence-electron chi connectivity index (χ2n) is 6.60. The number of aryl methyl sites for hydroxylation is 3. The van der Waals surface area contributed by atoms with Gasteiger partial charge in [-0.05, 0) is 12.8 Å². The van der Waals surface area contributed by atoms with Crippen LogP contribution in [0.5, 0.6) is 0 Å². The van der Waals surface area contributed by atoms with E-state index in [1.54, 1.807) is 11.6 Å². The zero-order valence-corrected chi connectivity index (χ0v) is 17.1. The Bertz CT molecular complexity index is 1160. The van der Waals surface area contributed by atoms with Crippen LogP contribution in [-0.4, -0.2) is 29.1 Å². The molecule has 0 aliphatic heterocycles. The largest absolute Gasteiger partial charge is 0.330 e. The fourth-order valence-electron chi connectivity index (χ4n) is 3.01. The van der Waals surface area contributed by atoms with Gasteiger partial charge in [0, 0.05) is 25.4 Å². The minimum Gasteiger partial charge on any atom is -0.325 e. The van der Waals surface area contributed by atoms with Crippen molar-refractivity contribution in [1.29, 1.82) is 0 Å². The Labute approximate surface area is 165 Å². The van der Waals surface area contributed by atoms with Gasteiger partial charge in [0.05, 0.1) is 5.75 Å². The maximum absolute atomic E-state index is 12.3. The molecule has 0 bridgehead atoms. The predicted molar refractivity (Wildman–Crippen MR) is 109 cm³/mol. The smallest absolute Gasteiger partial charge is 0.325 e.